The summed E-state index contributed by atoms with van der Waals surface area (Å²) in [6.45, 7) is 3.49. The predicted molar refractivity (Wildman–Crippen MR) is 71.4 cm³/mol. The zero-order valence-corrected chi connectivity index (χ0v) is 11.3. The first-order valence-corrected chi connectivity index (χ1v) is 5.87. The Morgan fingerprint density at radius 3 is 2.50 bits per heavy atom. The van der Waals surface area contributed by atoms with Gasteiger partial charge in [0, 0.05) is 13.1 Å². The van der Waals surface area contributed by atoms with Gasteiger partial charge in [0.1, 0.15) is 11.6 Å². The van der Waals surface area contributed by atoms with Crippen LogP contribution in [0.4, 0.5) is 20.2 Å². The number of aryl methyl sites for hydroxylation is 2. The van der Waals surface area contributed by atoms with Crippen LogP contribution < -0.4 is 11.1 Å². The van der Waals surface area contributed by atoms with Gasteiger partial charge in [-0.2, -0.15) is 5.10 Å². The number of anilines is 2. The van der Waals surface area contributed by atoms with Crippen LogP contribution in [0.1, 0.15) is 21.7 Å². The number of rotatable bonds is 2. The van der Waals surface area contributed by atoms with Crippen molar-refractivity contribution >= 4 is 17.3 Å². The molecule has 0 saturated carbocycles. The van der Waals surface area contributed by atoms with E-state index in [0.29, 0.717) is 17.4 Å². The molecule has 1 aromatic heterocycles. The van der Waals surface area contributed by atoms with Crippen LogP contribution in [0.15, 0.2) is 12.1 Å². The number of hydrogen-bond donors (Lipinski definition) is 2. The first-order chi connectivity index (χ1) is 9.31. The Hall–Kier alpha value is -2.44. The van der Waals surface area contributed by atoms with Crippen molar-refractivity contribution in [1.82, 2.24) is 9.78 Å². The highest BCUT2D eigenvalue weighted by atomic mass is 19.1. The van der Waals surface area contributed by atoms with E-state index in [-0.39, 0.29) is 11.3 Å². The lowest BCUT2D eigenvalue weighted by molar-refractivity contribution is 0.102. The van der Waals surface area contributed by atoms with Crippen molar-refractivity contribution in [1.29, 1.82) is 0 Å². The molecule has 0 aliphatic heterocycles. The van der Waals surface area contributed by atoms with Crippen molar-refractivity contribution in [3.63, 3.8) is 0 Å². The Labute approximate surface area is 114 Å². The summed E-state index contributed by atoms with van der Waals surface area (Å²) in [4.78, 5) is 12.0. The van der Waals surface area contributed by atoms with E-state index in [1.165, 1.54) is 0 Å². The molecule has 0 atom stereocenters. The molecular formula is C13H14F2N4O. The second-order valence-electron chi connectivity index (χ2n) is 4.48. The van der Waals surface area contributed by atoms with Gasteiger partial charge in [-0.15, -0.1) is 0 Å². The summed E-state index contributed by atoms with van der Waals surface area (Å²) in [6, 6.07) is 1.56. The Balaban J connectivity index is 2.36. The number of benzene rings is 1. The third-order valence-electron chi connectivity index (χ3n) is 3.08. The third kappa shape index (κ3) is 2.34. The number of amides is 1. The molecule has 0 radical (unpaired) electrons. The van der Waals surface area contributed by atoms with Crippen molar-refractivity contribution in [3.05, 3.63) is 40.7 Å². The van der Waals surface area contributed by atoms with E-state index >= 15 is 0 Å². The Morgan fingerprint density at radius 1 is 1.30 bits per heavy atom. The van der Waals surface area contributed by atoms with E-state index in [1.807, 2.05) is 0 Å². The maximum absolute atomic E-state index is 13.6. The minimum Gasteiger partial charge on any atom is -0.396 e. The Kier molecular flexibility index (Phi) is 3.44. The van der Waals surface area contributed by atoms with Crippen LogP contribution in [0.3, 0.4) is 0 Å². The molecule has 20 heavy (non-hydrogen) atoms. The predicted octanol–water partition coefficient (Wildman–Crippen LogP) is 2.15. The normalized spacial score (nSPS) is 10.7. The number of halogens is 2. The number of carbonyl (C=O) groups is 1. The average molecular weight is 280 g/mol. The number of nitrogens with one attached hydrogen (secondary N) is 1. The molecule has 3 N–H and O–H groups in total. The van der Waals surface area contributed by atoms with Gasteiger partial charge >= 0.3 is 0 Å². The highest BCUT2D eigenvalue weighted by Crippen LogP contribution is 2.22. The van der Waals surface area contributed by atoms with E-state index < -0.39 is 17.5 Å². The molecule has 106 valence electrons. The molecule has 0 aliphatic rings. The minimum atomic E-state index is -0.964. The SMILES string of the molecule is Cc1nn(C)c(C)c1NC(=O)c1cc(N)c(F)cc1F. The summed E-state index contributed by atoms with van der Waals surface area (Å²) in [5.41, 5.74) is 6.59. The second kappa shape index (κ2) is 4.92. The molecule has 0 unspecified atom stereocenters. The summed E-state index contributed by atoms with van der Waals surface area (Å²) < 4.78 is 28.3. The third-order valence-corrected chi connectivity index (χ3v) is 3.08. The molecule has 0 bridgehead atoms. The van der Waals surface area contributed by atoms with Crippen LogP contribution in [-0.4, -0.2) is 15.7 Å². The van der Waals surface area contributed by atoms with E-state index in [1.54, 1.807) is 25.6 Å². The lowest BCUT2D eigenvalue weighted by atomic mass is 10.1. The van der Waals surface area contributed by atoms with Crippen molar-refractivity contribution in [2.24, 2.45) is 7.05 Å². The maximum atomic E-state index is 13.6. The quantitative estimate of drug-likeness (QED) is 0.828. The van der Waals surface area contributed by atoms with Crippen LogP contribution in [0.25, 0.3) is 0 Å². The van der Waals surface area contributed by atoms with E-state index in [4.69, 9.17) is 5.73 Å². The first kappa shape index (κ1) is 14.0. The molecule has 7 heteroatoms. The van der Waals surface area contributed by atoms with Crippen LogP contribution in [0, 0.1) is 25.5 Å². The largest absolute Gasteiger partial charge is 0.396 e. The smallest absolute Gasteiger partial charge is 0.258 e. The van der Waals surface area contributed by atoms with Gasteiger partial charge in [-0.3, -0.25) is 9.48 Å². The second-order valence-corrected chi connectivity index (χ2v) is 4.48. The molecule has 5 nitrogen and oxygen atoms in total. The number of carbonyl (C=O) groups excluding carboxylic acids is 1. The van der Waals surface area contributed by atoms with E-state index in [9.17, 15) is 13.6 Å². The van der Waals surface area contributed by atoms with Crippen molar-refractivity contribution in [3.8, 4) is 0 Å². The average Bonchev–Trinajstić information content (AvgIpc) is 2.60. The molecule has 1 heterocycles. The van der Waals surface area contributed by atoms with Gasteiger partial charge in [0.25, 0.3) is 5.91 Å². The van der Waals surface area contributed by atoms with E-state index in [0.717, 1.165) is 11.8 Å². The fraction of sp³-hybridized carbons (Fsp3) is 0.231. The van der Waals surface area contributed by atoms with Crippen LogP contribution in [-0.2, 0) is 7.05 Å². The summed E-state index contributed by atoms with van der Waals surface area (Å²) in [5, 5.41) is 6.70. The number of hydrogen-bond acceptors (Lipinski definition) is 3. The Morgan fingerprint density at radius 2 is 1.95 bits per heavy atom. The van der Waals surface area contributed by atoms with Gasteiger partial charge in [0.2, 0.25) is 0 Å². The van der Waals surface area contributed by atoms with Crippen LogP contribution in [0.5, 0.6) is 0 Å². The Bertz CT molecular complexity index is 694. The standard InChI is InChI=1S/C13H14F2N4O/c1-6-12(7(2)19(3)18-6)17-13(20)8-4-11(16)10(15)5-9(8)14/h4-5H,16H2,1-3H3,(H,17,20). The van der Waals surface area contributed by atoms with Gasteiger partial charge in [0.15, 0.2) is 0 Å². The molecule has 1 amide bonds. The van der Waals surface area contributed by atoms with Gasteiger partial charge in [-0.25, -0.2) is 8.78 Å². The van der Waals surface area contributed by atoms with Gasteiger partial charge in [-0.1, -0.05) is 0 Å². The fourth-order valence-electron chi connectivity index (χ4n) is 1.88. The zero-order chi connectivity index (χ0) is 15.0. The van der Waals surface area contributed by atoms with Crippen molar-refractivity contribution in [2.75, 3.05) is 11.1 Å². The number of aromatic nitrogens is 2. The van der Waals surface area contributed by atoms with Crippen LogP contribution in [0.2, 0.25) is 0 Å². The minimum absolute atomic E-state index is 0.281. The molecule has 1 aromatic carbocycles. The highest BCUT2D eigenvalue weighted by molar-refractivity contribution is 6.05. The van der Waals surface area contributed by atoms with Crippen molar-refractivity contribution < 1.29 is 13.6 Å². The van der Waals surface area contributed by atoms with E-state index in [2.05, 4.69) is 10.4 Å². The molecule has 2 rings (SSSR count). The molecule has 0 spiro atoms. The number of nitrogens with zero attached hydrogens (tertiary/aromatic N) is 2. The zero-order valence-electron chi connectivity index (χ0n) is 11.3. The fourth-order valence-corrected chi connectivity index (χ4v) is 1.88. The molecule has 0 fully saturated rings. The number of nitrogens with two attached hydrogens (primary N) is 1. The summed E-state index contributed by atoms with van der Waals surface area (Å²) in [7, 11) is 1.73. The molecule has 0 saturated heterocycles. The van der Waals surface area contributed by atoms with Gasteiger partial charge in [-0.05, 0) is 19.9 Å². The monoisotopic (exact) mass is 280 g/mol. The van der Waals surface area contributed by atoms with Gasteiger partial charge < -0.3 is 11.1 Å². The summed E-state index contributed by atoms with van der Waals surface area (Å²) in [6.07, 6.45) is 0. The molecule has 0 aliphatic carbocycles. The first-order valence-electron chi connectivity index (χ1n) is 5.87. The molecular weight excluding hydrogens is 266 g/mol. The maximum Gasteiger partial charge on any atom is 0.258 e. The lowest BCUT2D eigenvalue weighted by Gasteiger charge is -2.08. The summed E-state index contributed by atoms with van der Waals surface area (Å²) >= 11 is 0. The molecule has 2 aromatic rings. The number of nitrogen functional groups attached to an aromatic ring is 1. The summed E-state index contributed by atoms with van der Waals surface area (Å²) in [5.74, 6) is -2.56. The lowest BCUT2D eigenvalue weighted by Crippen LogP contribution is -2.15. The highest BCUT2D eigenvalue weighted by Gasteiger charge is 2.18. The van der Waals surface area contributed by atoms with Gasteiger partial charge in [0.05, 0.1) is 28.3 Å². The topological polar surface area (TPSA) is 72.9 Å². The van der Waals surface area contributed by atoms with Crippen molar-refractivity contribution in [2.45, 2.75) is 13.8 Å². The van der Waals surface area contributed by atoms with Crippen LogP contribution >= 0.6 is 0 Å².